The van der Waals surface area contributed by atoms with Gasteiger partial charge in [-0.2, -0.15) is 0 Å². The molecular formula is C15H21F. The molecule has 0 radical (unpaired) electrons. The Morgan fingerprint density at radius 1 is 1.25 bits per heavy atom. The molecule has 0 amide bonds. The van der Waals surface area contributed by atoms with Gasteiger partial charge in [0.25, 0.3) is 0 Å². The van der Waals surface area contributed by atoms with Crippen LogP contribution in [0.3, 0.4) is 0 Å². The fraction of sp³-hybridized carbons (Fsp3) is 0.467. The molecule has 0 saturated carbocycles. The van der Waals surface area contributed by atoms with E-state index in [1.165, 1.54) is 11.1 Å². The smallest absolute Gasteiger partial charge is 0.126 e. The predicted octanol–water partition coefficient (Wildman–Crippen LogP) is 4.63. The Labute approximate surface area is 98.2 Å². The highest BCUT2D eigenvalue weighted by molar-refractivity contribution is 5.31. The first-order chi connectivity index (χ1) is 7.30. The molecule has 0 atom stereocenters. The summed E-state index contributed by atoms with van der Waals surface area (Å²) in [7, 11) is 0. The Kier molecular flexibility index (Phi) is 3.90. The molecule has 0 aliphatic rings. The summed E-state index contributed by atoms with van der Waals surface area (Å²) in [4.78, 5) is 0. The number of halogens is 1. The fourth-order valence-electron chi connectivity index (χ4n) is 1.51. The SMILES string of the molecule is CC(C)=CCc1cc(C(C)(C)C)ccc1F. The van der Waals surface area contributed by atoms with Crippen molar-refractivity contribution in [1.29, 1.82) is 0 Å². The predicted molar refractivity (Wildman–Crippen MR) is 68.2 cm³/mol. The maximum absolute atomic E-state index is 13.6. The Morgan fingerprint density at radius 2 is 1.88 bits per heavy atom. The van der Waals surface area contributed by atoms with Gasteiger partial charge >= 0.3 is 0 Å². The first-order valence-corrected chi connectivity index (χ1v) is 5.73. The van der Waals surface area contributed by atoms with Crippen molar-refractivity contribution in [2.45, 2.75) is 46.5 Å². The zero-order valence-electron chi connectivity index (χ0n) is 10.9. The number of hydrogen-bond acceptors (Lipinski definition) is 0. The van der Waals surface area contributed by atoms with Gasteiger partial charge in [-0.05, 0) is 42.9 Å². The van der Waals surface area contributed by atoms with E-state index in [1.54, 1.807) is 6.07 Å². The summed E-state index contributed by atoms with van der Waals surface area (Å²) < 4.78 is 13.6. The first-order valence-electron chi connectivity index (χ1n) is 5.73. The number of allylic oxidation sites excluding steroid dienone is 2. The Balaban J connectivity index is 3.05. The summed E-state index contributed by atoms with van der Waals surface area (Å²) in [6.07, 6.45) is 2.74. The third-order valence-electron chi connectivity index (χ3n) is 2.64. The topological polar surface area (TPSA) is 0 Å². The molecule has 0 saturated heterocycles. The molecule has 88 valence electrons. The molecule has 1 heteroatoms. The minimum atomic E-state index is -0.106. The van der Waals surface area contributed by atoms with E-state index in [4.69, 9.17) is 0 Å². The highest BCUT2D eigenvalue weighted by Gasteiger charge is 2.15. The lowest BCUT2D eigenvalue weighted by molar-refractivity contribution is 0.578. The molecule has 0 nitrogen and oxygen atoms in total. The van der Waals surface area contributed by atoms with Crippen LogP contribution in [0.2, 0.25) is 0 Å². The molecule has 0 fully saturated rings. The largest absolute Gasteiger partial charge is 0.207 e. The fourth-order valence-corrected chi connectivity index (χ4v) is 1.51. The van der Waals surface area contributed by atoms with Crippen molar-refractivity contribution < 1.29 is 4.39 Å². The summed E-state index contributed by atoms with van der Waals surface area (Å²) in [6, 6.07) is 5.44. The Morgan fingerprint density at radius 3 is 2.38 bits per heavy atom. The van der Waals surface area contributed by atoms with Crippen molar-refractivity contribution in [2.75, 3.05) is 0 Å². The van der Waals surface area contributed by atoms with Gasteiger partial charge in [0.05, 0.1) is 0 Å². The van der Waals surface area contributed by atoms with Crippen LogP contribution in [0, 0.1) is 5.82 Å². The average molecular weight is 220 g/mol. The summed E-state index contributed by atoms with van der Waals surface area (Å²) in [5.41, 5.74) is 3.27. The third-order valence-corrected chi connectivity index (χ3v) is 2.64. The second kappa shape index (κ2) is 4.82. The van der Waals surface area contributed by atoms with E-state index < -0.39 is 0 Å². The molecule has 0 aliphatic heterocycles. The van der Waals surface area contributed by atoms with Crippen LogP contribution >= 0.6 is 0 Å². The number of benzene rings is 1. The van der Waals surface area contributed by atoms with Gasteiger partial charge in [0.2, 0.25) is 0 Å². The van der Waals surface area contributed by atoms with Crippen LogP contribution in [-0.4, -0.2) is 0 Å². The number of rotatable bonds is 2. The van der Waals surface area contributed by atoms with Crippen LogP contribution in [0.1, 0.15) is 45.7 Å². The molecule has 0 N–H and O–H groups in total. The van der Waals surface area contributed by atoms with Crippen molar-refractivity contribution in [3.63, 3.8) is 0 Å². The maximum atomic E-state index is 13.6. The van der Waals surface area contributed by atoms with Crippen LogP contribution in [0.25, 0.3) is 0 Å². The monoisotopic (exact) mass is 220 g/mol. The van der Waals surface area contributed by atoms with Gasteiger partial charge < -0.3 is 0 Å². The van der Waals surface area contributed by atoms with Crippen molar-refractivity contribution in [3.8, 4) is 0 Å². The van der Waals surface area contributed by atoms with E-state index in [9.17, 15) is 4.39 Å². The minimum absolute atomic E-state index is 0.0768. The zero-order chi connectivity index (χ0) is 12.3. The van der Waals surface area contributed by atoms with Crippen molar-refractivity contribution in [3.05, 3.63) is 46.8 Å². The number of hydrogen-bond donors (Lipinski definition) is 0. The lowest BCUT2D eigenvalue weighted by Gasteiger charge is -2.20. The van der Waals surface area contributed by atoms with Gasteiger partial charge in [-0.25, -0.2) is 4.39 Å². The summed E-state index contributed by atoms with van der Waals surface area (Å²) in [5, 5.41) is 0. The third kappa shape index (κ3) is 3.48. The van der Waals surface area contributed by atoms with E-state index in [0.29, 0.717) is 6.42 Å². The minimum Gasteiger partial charge on any atom is -0.207 e. The van der Waals surface area contributed by atoms with Crippen molar-refractivity contribution >= 4 is 0 Å². The summed E-state index contributed by atoms with van der Waals surface area (Å²) in [5.74, 6) is -0.106. The van der Waals surface area contributed by atoms with Gasteiger partial charge in [0.1, 0.15) is 5.82 Å². The highest BCUT2D eigenvalue weighted by atomic mass is 19.1. The Hall–Kier alpha value is -1.11. The van der Waals surface area contributed by atoms with E-state index >= 15 is 0 Å². The first kappa shape index (κ1) is 13.0. The summed E-state index contributed by atoms with van der Waals surface area (Å²) in [6.45, 7) is 10.5. The quantitative estimate of drug-likeness (QED) is 0.637. The molecular weight excluding hydrogens is 199 g/mol. The van der Waals surface area contributed by atoms with E-state index in [-0.39, 0.29) is 11.2 Å². The lowest BCUT2D eigenvalue weighted by Crippen LogP contribution is -2.11. The molecule has 1 aromatic carbocycles. The van der Waals surface area contributed by atoms with Crippen LogP contribution in [0.5, 0.6) is 0 Å². The van der Waals surface area contributed by atoms with Gasteiger partial charge in [0.15, 0.2) is 0 Å². The van der Waals surface area contributed by atoms with Crippen LogP contribution in [0.15, 0.2) is 29.8 Å². The van der Waals surface area contributed by atoms with E-state index in [1.807, 2.05) is 26.0 Å². The van der Waals surface area contributed by atoms with Crippen LogP contribution in [0.4, 0.5) is 4.39 Å². The standard InChI is InChI=1S/C15H21F/c1-11(2)6-7-12-10-13(15(3,4)5)8-9-14(12)16/h6,8-10H,7H2,1-5H3. The van der Waals surface area contributed by atoms with Gasteiger partial charge in [-0.15, -0.1) is 0 Å². The average Bonchev–Trinajstić information content (AvgIpc) is 2.14. The Bertz CT molecular complexity index is 390. The van der Waals surface area contributed by atoms with Gasteiger partial charge in [-0.3, -0.25) is 0 Å². The van der Waals surface area contributed by atoms with Crippen molar-refractivity contribution in [1.82, 2.24) is 0 Å². The molecule has 1 rings (SSSR count). The second-order valence-corrected chi connectivity index (χ2v) is 5.54. The van der Waals surface area contributed by atoms with Crippen LogP contribution < -0.4 is 0 Å². The van der Waals surface area contributed by atoms with E-state index in [2.05, 4.69) is 26.8 Å². The molecule has 0 bridgehead atoms. The highest BCUT2D eigenvalue weighted by Crippen LogP contribution is 2.24. The van der Waals surface area contributed by atoms with Crippen molar-refractivity contribution in [2.24, 2.45) is 0 Å². The molecule has 0 unspecified atom stereocenters. The van der Waals surface area contributed by atoms with Gasteiger partial charge in [0, 0.05) is 0 Å². The molecule has 0 heterocycles. The van der Waals surface area contributed by atoms with Crippen LogP contribution in [-0.2, 0) is 11.8 Å². The molecule has 0 aromatic heterocycles. The second-order valence-electron chi connectivity index (χ2n) is 5.54. The van der Waals surface area contributed by atoms with E-state index in [0.717, 1.165) is 5.56 Å². The molecule has 0 spiro atoms. The lowest BCUT2D eigenvalue weighted by atomic mass is 9.86. The molecule has 16 heavy (non-hydrogen) atoms. The van der Waals surface area contributed by atoms with Gasteiger partial charge in [-0.1, -0.05) is 44.6 Å². The zero-order valence-corrected chi connectivity index (χ0v) is 10.9. The molecule has 1 aromatic rings. The molecule has 0 aliphatic carbocycles. The normalized spacial score (nSPS) is 11.4. The summed E-state index contributed by atoms with van der Waals surface area (Å²) >= 11 is 0. The maximum Gasteiger partial charge on any atom is 0.126 e.